The van der Waals surface area contributed by atoms with E-state index in [4.69, 9.17) is 0 Å². The molecule has 1 N–H and O–H groups in total. The van der Waals surface area contributed by atoms with Gasteiger partial charge in [-0.25, -0.2) is 4.68 Å². The maximum absolute atomic E-state index is 3.98. The maximum atomic E-state index is 3.98. The third-order valence-electron chi connectivity index (χ3n) is 3.55. The van der Waals surface area contributed by atoms with Gasteiger partial charge in [0.2, 0.25) is 0 Å². The van der Waals surface area contributed by atoms with Gasteiger partial charge < -0.3 is 5.32 Å². The van der Waals surface area contributed by atoms with E-state index < -0.39 is 0 Å². The van der Waals surface area contributed by atoms with Crippen molar-refractivity contribution in [1.82, 2.24) is 25.5 Å². The highest BCUT2D eigenvalue weighted by atomic mass is 15.5. The van der Waals surface area contributed by atoms with Gasteiger partial charge in [0.15, 0.2) is 0 Å². The first-order valence-electron chi connectivity index (χ1n) is 6.45. The Hall–Kier alpha value is -1.75. The molecule has 1 aromatic heterocycles. The van der Waals surface area contributed by atoms with E-state index in [1.54, 1.807) is 11.0 Å². The lowest BCUT2D eigenvalue weighted by atomic mass is 9.90. The molecule has 5 heteroatoms. The second-order valence-electron chi connectivity index (χ2n) is 4.78. The van der Waals surface area contributed by atoms with Crippen molar-refractivity contribution in [3.63, 3.8) is 0 Å². The van der Waals surface area contributed by atoms with Gasteiger partial charge in [-0.05, 0) is 60.3 Å². The van der Waals surface area contributed by atoms with E-state index in [9.17, 15) is 0 Å². The first-order valence-corrected chi connectivity index (χ1v) is 6.45. The van der Waals surface area contributed by atoms with Crippen molar-refractivity contribution < 1.29 is 0 Å². The normalized spacial score (nSPS) is 16.9. The summed E-state index contributed by atoms with van der Waals surface area (Å²) in [5.74, 6) is 0.767. The predicted octanol–water partition coefficient (Wildman–Crippen LogP) is 1.20. The average molecular weight is 243 g/mol. The van der Waals surface area contributed by atoms with Gasteiger partial charge >= 0.3 is 0 Å². The lowest BCUT2D eigenvalue weighted by Crippen LogP contribution is -2.28. The van der Waals surface area contributed by atoms with Crippen LogP contribution in [0.1, 0.15) is 18.4 Å². The van der Waals surface area contributed by atoms with Crippen molar-refractivity contribution in [3.8, 4) is 5.69 Å². The molecule has 3 rings (SSSR count). The number of tetrazole rings is 1. The SMILES string of the molecule is c1ccc(-n2cnnn2)c(CC2CCNCC2)c1. The number of rotatable bonds is 3. The second kappa shape index (κ2) is 5.27. The third-order valence-corrected chi connectivity index (χ3v) is 3.55. The van der Waals surface area contributed by atoms with Gasteiger partial charge in [0.1, 0.15) is 6.33 Å². The molecule has 0 unspecified atom stereocenters. The molecular formula is C13H17N5. The molecule has 94 valence electrons. The molecule has 2 heterocycles. The lowest BCUT2D eigenvalue weighted by Gasteiger charge is -2.23. The molecule has 0 bridgehead atoms. The van der Waals surface area contributed by atoms with E-state index in [1.807, 2.05) is 6.07 Å². The van der Waals surface area contributed by atoms with Crippen LogP contribution >= 0.6 is 0 Å². The molecule has 5 nitrogen and oxygen atoms in total. The molecule has 0 spiro atoms. The molecular weight excluding hydrogens is 226 g/mol. The van der Waals surface area contributed by atoms with Gasteiger partial charge in [-0.3, -0.25) is 0 Å². The van der Waals surface area contributed by atoms with Crippen molar-refractivity contribution in [2.24, 2.45) is 5.92 Å². The molecule has 18 heavy (non-hydrogen) atoms. The van der Waals surface area contributed by atoms with Crippen molar-refractivity contribution in [1.29, 1.82) is 0 Å². The van der Waals surface area contributed by atoms with E-state index in [1.165, 1.54) is 18.4 Å². The number of hydrogen-bond donors (Lipinski definition) is 1. The van der Waals surface area contributed by atoms with E-state index in [2.05, 4.69) is 39.0 Å². The average Bonchev–Trinajstić information content (AvgIpc) is 2.94. The molecule has 2 aromatic rings. The Balaban J connectivity index is 1.83. The molecule has 1 aromatic carbocycles. The van der Waals surface area contributed by atoms with Crippen molar-refractivity contribution in [2.45, 2.75) is 19.3 Å². The molecule has 1 saturated heterocycles. The number of nitrogens with zero attached hydrogens (tertiary/aromatic N) is 4. The zero-order chi connectivity index (χ0) is 12.2. The number of nitrogens with one attached hydrogen (secondary N) is 1. The summed E-state index contributed by atoms with van der Waals surface area (Å²) < 4.78 is 1.75. The summed E-state index contributed by atoms with van der Waals surface area (Å²) in [4.78, 5) is 0. The van der Waals surface area contributed by atoms with Gasteiger partial charge in [0, 0.05) is 0 Å². The highest BCUT2D eigenvalue weighted by molar-refractivity contribution is 5.39. The fraction of sp³-hybridized carbons (Fsp3) is 0.462. The van der Waals surface area contributed by atoms with Gasteiger partial charge in [-0.1, -0.05) is 18.2 Å². The molecule has 0 radical (unpaired) electrons. The van der Waals surface area contributed by atoms with Crippen LogP contribution in [0.15, 0.2) is 30.6 Å². The first kappa shape index (κ1) is 11.3. The van der Waals surface area contributed by atoms with Crippen LogP contribution in [0.5, 0.6) is 0 Å². The van der Waals surface area contributed by atoms with Gasteiger partial charge in [0.25, 0.3) is 0 Å². The topological polar surface area (TPSA) is 55.6 Å². The molecule has 1 aliphatic heterocycles. The first-order chi connectivity index (χ1) is 8.93. The van der Waals surface area contributed by atoms with Crippen molar-refractivity contribution >= 4 is 0 Å². The smallest absolute Gasteiger partial charge is 0.143 e. The largest absolute Gasteiger partial charge is 0.317 e. The van der Waals surface area contributed by atoms with Crippen LogP contribution in [0.2, 0.25) is 0 Å². The van der Waals surface area contributed by atoms with E-state index in [-0.39, 0.29) is 0 Å². The minimum atomic E-state index is 0.767. The van der Waals surface area contributed by atoms with Crippen LogP contribution in [0.3, 0.4) is 0 Å². The van der Waals surface area contributed by atoms with Crippen LogP contribution in [0.4, 0.5) is 0 Å². The summed E-state index contributed by atoms with van der Waals surface area (Å²) in [7, 11) is 0. The minimum absolute atomic E-state index is 0.767. The van der Waals surface area contributed by atoms with Crippen LogP contribution in [0.25, 0.3) is 5.69 Å². The Morgan fingerprint density at radius 3 is 2.83 bits per heavy atom. The van der Waals surface area contributed by atoms with E-state index in [0.717, 1.165) is 31.1 Å². The van der Waals surface area contributed by atoms with E-state index >= 15 is 0 Å². The second-order valence-corrected chi connectivity index (χ2v) is 4.78. The Kier molecular flexibility index (Phi) is 3.32. The summed E-state index contributed by atoms with van der Waals surface area (Å²) in [6.45, 7) is 2.27. The van der Waals surface area contributed by atoms with Crippen molar-refractivity contribution in [2.75, 3.05) is 13.1 Å². The fourth-order valence-corrected chi connectivity index (χ4v) is 2.58. The van der Waals surface area contributed by atoms with Crippen molar-refractivity contribution in [3.05, 3.63) is 36.2 Å². The quantitative estimate of drug-likeness (QED) is 0.880. The molecule has 0 atom stereocenters. The van der Waals surface area contributed by atoms with Gasteiger partial charge in [-0.15, -0.1) is 5.10 Å². The maximum Gasteiger partial charge on any atom is 0.143 e. The van der Waals surface area contributed by atoms with E-state index in [0.29, 0.717) is 0 Å². The molecule has 0 aliphatic carbocycles. The number of benzene rings is 1. The molecule has 0 saturated carbocycles. The summed E-state index contributed by atoms with van der Waals surface area (Å²) >= 11 is 0. The van der Waals surface area contributed by atoms with Crippen LogP contribution in [0, 0.1) is 5.92 Å². The Morgan fingerprint density at radius 2 is 2.06 bits per heavy atom. The highest BCUT2D eigenvalue weighted by Crippen LogP contribution is 2.22. The summed E-state index contributed by atoms with van der Waals surface area (Å²) in [6.07, 6.45) is 5.27. The Morgan fingerprint density at radius 1 is 1.22 bits per heavy atom. The molecule has 0 amide bonds. The summed E-state index contributed by atoms with van der Waals surface area (Å²) in [5, 5.41) is 14.8. The summed E-state index contributed by atoms with van der Waals surface area (Å²) in [6, 6.07) is 8.37. The Bertz CT molecular complexity index is 488. The fourth-order valence-electron chi connectivity index (χ4n) is 2.58. The zero-order valence-electron chi connectivity index (χ0n) is 10.3. The zero-order valence-corrected chi connectivity index (χ0v) is 10.3. The van der Waals surface area contributed by atoms with Gasteiger partial charge in [0.05, 0.1) is 5.69 Å². The lowest BCUT2D eigenvalue weighted by molar-refractivity contribution is 0.372. The number of hydrogen-bond acceptors (Lipinski definition) is 4. The monoisotopic (exact) mass is 243 g/mol. The molecule has 1 fully saturated rings. The third kappa shape index (κ3) is 2.41. The standard InChI is InChI=1S/C13H17N5/c1-2-4-13(18-10-15-16-17-18)12(3-1)9-11-5-7-14-8-6-11/h1-4,10-11,14H,5-9H2. The number of piperidine rings is 1. The minimum Gasteiger partial charge on any atom is -0.317 e. The van der Waals surface area contributed by atoms with Crippen LogP contribution in [-0.4, -0.2) is 33.3 Å². The molecule has 1 aliphatic rings. The van der Waals surface area contributed by atoms with Crippen LogP contribution < -0.4 is 5.32 Å². The Labute approximate surface area is 106 Å². The van der Waals surface area contributed by atoms with Gasteiger partial charge in [-0.2, -0.15) is 0 Å². The summed E-state index contributed by atoms with van der Waals surface area (Å²) in [5.41, 5.74) is 2.43. The number of aromatic nitrogens is 4. The number of para-hydroxylation sites is 1. The predicted molar refractivity (Wildman–Crippen MR) is 68.5 cm³/mol. The van der Waals surface area contributed by atoms with Crippen LogP contribution in [-0.2, 0) is 6.42 Å². The highest BCUT2D eigenvalue weighted by Gasteiger charge is 2.15.